The van der Waals surface area contributed by atoms with Gasteiger partial charge in [-0.15, -0.1) is 0 Å². The van der Waals surface area contributed by atoms with Crippen LogP contribution in [0.3, 0.4) is 0 Å². The van der Waals surface area contributed by atoms with E-state index >= 15 is 0 Å². The monoisotopic (exact) mass is 428 g/mol. The molecule has 2 saturated heterocycles. The normalized spacial score (nSPS) is 51.9. The first-order valence-corrected chi connectivity index (χ1v) is 12.0. The molecule has 0 bridgehead atoms. The maximum atomic E-state index is 13.2. The minimum Gasteiger partial charge on any atom is -0.466 e. The first kappa shape index (κ1) is 20.0. The van der Waals surface area contributed by atoms with Crippen molar-refractivity contribution in [3.63, 3.8) is 0 Å². The summed E-state index contributed by atoms with van der Waals surface area (Å²) in [6, 6.07) is 0. The van der Waals surface area contributed by atoms with Gasteiger partial charge in [-0.1, -0.05) is 25.5 Å². The van der Waals surface area contributed by atoms with Gasteiger partial charge in [0.05, 0.1) is 18.6 Å². The Bertz CT molecular complexity index is 923. The summed E-state index contributed by atoms with van der Waals surface area (Å²) < 4.78 is 18.3. The molecule has 0 amide bonds. The van der Waals surface area contributed by atoms with Crippen LogP contribution in [0.1, 0.15) is 72.1 Å². The quantitative estimate of drug-likeness (QED) is 0.380. The van der Waals surface area contributed by atoms with Crippen molar-refractivity contribution in [2.75, 3.05) is 6.61 Å². The highest BCUT2D eigenvalue weighted by Crippen LogP contribution is 2.77. The number of rotatable bonds is 2. The maximum absolute atomic E-state index is 13.2. The van der Waals surface area contributed by atoms with Crippen molar-refractivity contribution in [1.29, 1.82) is 0 Å². The molecule has 0 aromatic rings. The predicted octanol–water partition coefficient (Wildman–Crippen LogP) is 3.51. The molecule has 6 rings (SSSR count). The molecule has 4 aliphatic carbocycles. The third-order valence-electron chi connectivity index (χ3n) is 10.2. The van der Waals surface area contributed by atoms with Crippen LogP contribution in [0.4, 0.5) is 0 Å². The van der Waals surface area contributed by atoms with Gasteiger partial charge in [-0.25, -0.2) is 0 Å². The number of Topliss-reactive ketones (excluding diaryl/α,β-unsaturated/α-hetero) is 1. The van der Waals surface area contributed by atoms with Gasteiger partial charge < -0.3 is 14.2 Å². The minimum absolute atomic E-state index is 0.00377. The van der Waals surface area contributed by atoms with Gasteiger partial charge in [0, 0.05) is 36.0 Å². The molecule has 5 fully saturated rings. The van der Waals surface area contributed by atoms with E-state index in [2.05, 4.69) is 19.9 Å². The lowest BCUT2D eigenvalue weighted by molar-refractivity contribution is -0.169. The molecular formula is C25H32O6. The lowest BCUT2D eigenvalue weighted by atomic mass is 9.44. The zero-order valence-electron chi connectivity index (χ0n) is 18.7. The van der Waals surface area contributed by atoms with Gasteiger partial charge in [-0.2, -0.15) is 0 Å². The van der Waals surface area contributed by atoms with E-state index in [1.165, 1.54) is 0 Å². The molecule has 168 valence electrons. The van der Waals surface area contributed by atoms with Crippen LogP contribution in [0.2, 0.25) is 0 Å². The number of hydrogen-bond acceptors (Lipinski definition) is 6. The van der Waals surface area contributed by atoms with Crippen molar-refractivity contribution in [3.05, 3.63) is 11.6 Å². The molecule has 0 N–H and O–H groups in total. The average Bonchev–Trinajstić information content (AvgIpc) is 3.20. The molecule has 2 aliphatic heterocycles. The van der Waals surface area contributed by atoms with Gasteiger partial charge in [0.25, 0.3) is 0 Å². The molecular weight excluding hydrogens is 396 g/mol. The van der Waals surface area contributed by atoms with E-state index in [1.807, 2.05) is 6.92 Å². The molecule has 3 saturated carbocycles. The van der Waals surface area contributed by atoms with E-state index in [-0.39, 0.29) is 46.5 Å². The molecule has 0 radical (unpaired) electrons. The molecule has 31 heavy (non-hydrogen) atoms. The van der Waals surface area contributed by atoms with Crippen LogP contribution in [0, 0.1) is 28.6 Å². The van der Waals surface area contributed by atoms with E-state index in [0.717, 1.165) is 37.7 Å². The van der Waals surface area contributed by atoms with Crippen LogP contribution in [0.15, 0.2) is 11.6 Å². The molecule has 0 aromatic carbocycles. The van der Waals surface area contributed by atoms with Crippen molar-refractivity contribution in [2.24, 2.45) is 28.6 Å². The van der Waals surface area contributed by atoms with Crippen molar-refractivity contribution < 1.29 is 28.6 Å². The fraction of sp³-hybridized carbons (Fsp3) is 0.800. The Morgan fingerprint density at radius 1 is 1.19 bits per heavy atom. The fourth-order valence-electron chi connectivity index (χ4n) is 8.70. The number of hydrogen-bond donors (Lipinski definition) is 0. The van der Waals surface area contributed by atoms with Crippen LogP contribution in [0.25, 0.3) is 0 Å². The van der Waals surface area contributed by atoms with E-state index < -0.39 is 17.1 Å². The summed E-state index contributed by atoms with van der Waals surface area (Å²) in [6.07, 6.45) is 7.77. The molecule has 6 nitrogen and oxygen atoms in total. The summed E-state index contributed by atoms with van der Waals surface area (Å²) in [6.45, 7) is 6.69. The molecule has 6 heteroatoms. The van der Waals surface area contributed by atoms with Crippen molar-refractivity contribution in [2.45, 2.75) is 89.4 Å². The summed E-state index contributed by atoms with van der Waals surface area (Å²) in [5.74, 6) is -0.245. The fourth-order valence-corrected chi connectivity index (χ4v) is 8.70. The second kappa shape index (κ2) is 6.00. The molecule has 2 spiro atoms. The predicted molar refractivity (Wildman–Crippen MR) is 110 cm³/mol. The zero-order chi connectivity index (χ0) is 21.8. The topological polar surface area (TPSA) is 82.2 Å². The van der Waals surface area contributed by atoms with Crippen LogP contribution in [-0.4, -0.2) is 41.6 Å². The van der Waals surface area contributed by atoms with Crippen LogP contribution in [-0.2, 0) is 28.6 Å². The number of ketones is 1. The van der Waals surface area contributed by atoms with Gasteiger partial charge in [-0.3, -0.25) is 14.4 Å². The summed E-state index contributed by atoms with van der Waals surface area (Å²) in [4.78, 5) is 37.7. The number of fused-ring (bicyclic) bond motifs is 4. The third-order valence-corrected chi connectivity index (χ3v) is 10.2. The Morgan fingerprint density at radius 2 is 2.00 bits per heavy atom. The number of carbonyl (C=O) groups excluding carboxylic acids is 3. The first-order chi connectivity index (χ1) is 14.7. The maximum Gasteiger partial charge on any atom is 0.313 e. The summed E-state index contributed by atoms with van der Waals surface area (Å²) in [7, 11) is 0. The summed E-state index contributed by atoms with van der Waals surface area (Å²) >= 11 is 0. The van der Waals surface area contributed by atoms with E-state index in [1.54, 1.807) is 0 Å². The van der Waals surface area contributed by atoms with Gasteiger partial charge in [0.15, 0.2) is 0 Å². The Kier molecular flexibility index (Phi) is 3.86. The second-order valence-corrected chi connectivity index (χ2v) is 11.2. The molecule has 1 unspecified atom stereocenters. The molecule has 6 aliphatic rings. The van der Waals surface area contributed by atoms with Crippen molar-refractivity contribution in [3.8, 4) is 0 Å². The first-order valence-electron chi connectivity index (χ1n) is 12.0. The number of esters is 2. The number of carbonyl (C=O) groups is 3. The SMILES string of the molecule is CCOC(=O)[C@@H]1C=C2CC(=O)CC[C@]2(C)[C@@]23OC2C[C@@]2(C)[C@@H](CC[C@@]24CCC(=O)O4)[C@H]13. The average molecular weight is 429 g/mol. The van der Waals surface area contributed by atoms with Gasteiger partial charge in [0.1, 0.15) is 17.0 Å². The van der Waals surface area contributed by atoms with E-state index in [0.29, 0.717) is 25.9 Å². The van der Waals surface area contributed by atoms with Gasteiger partial charge >= 0.3 is 11.9 Å². The van der Waals surface area contributed by atoms with E-state index in [9.17, 15) is 14.4 Å². The van der Waals surface area contributed by atoms with Crippen molar-refractivity contribution in [1.82, 2.24) is 0 Å². The second-order valence-electron chi connectivity index (χ2n) is 11.2. The standard InChI is InChI=1S/C25H32O6/c1-4-29-21(28)16-12-14-11-15(26)5-8-22(14,2)25-18(30-25)13-23(3)17(20(16)25)6-9-24(23)10-7-19(27)31-24/h12,16-18,20H,4-11,13H2,1-3H3/t16-,17+,18?,20+,22+,23+,24-,25-/m1/s1. The van der Waals surface area contributed by atoms with Gasteiger partial charge in [0.2, 0.25) is 0 Å². The highest BCUT2D eigenvalue weighted by molar-refractivity contribution is 5.84. The molecule has 8 atom stereocenters. The van der Waals surface area contributed by atoms with Crippen LogP contribution >= 0.6 is 0 Å². The largest absolute Gasteiger partial charge is 0.466 e. The Hall–Kier alpha value is -1.69. The Balaban J connectivity index is 1.49. The highest BCUT2D eigenvalue weighted by atomic mass is 16.6. The van der Waals surface area contributed by atoms with Crippen LogP contribution < -0.4 is 0 Å². The minimum atomic E-state index is -0.431. The smallest absolute Gasteiger partial charge is 0.313 e. The lowest BCUT2D eigenvalue weighted by Gasteiger charge is -2.57. The highest BCUT2D eigenvalue weighted by Gasteiger charge is 2.83. The number of ether oxygens (including phenoxy) is 3. The van der Waals surface area contributed by atoms with Gasteiger partial charge in [-0.05, 0) is 44.9 Å². The van der Waals surface area contributed by atoms with Crippen molar-refractivity contribution >= 4 is 17.7 Å². The summed E-state index contributed by atoms with van der Waals surface area (Å²) in [5.41, 5.74) is -0.189. The summed E-state index contributed by atoms with van der Waals surface area (Å²) in [5, 5.41) is 0. The lowest BCUT2D eigenvalue weighted by Crippen LogP contribution is -2.62. The Morgan fingerprint density at radius 3 is 2.71 bits per heavy atom. The number of epoxide rings is 1. The van der Waals surface area contributed by atoms with Crippen LogP contribution in [0.5, 0.6) is 0 Å². The molecule has 2 heterocycles. The zero-order valence-corrected chi connectivity index (χ0v) is 18.7. The third kappa shape index (κ3) is 2.20. The van der Waals surface area contributed by atoms with E-state index in [4.69, 9.17) is 14.2 Å². The molecule has 0 aromatic heterocycles. The Labute approximate surface area is 183 Å².